The molecule has 0 radical (unpaired) electrons. The number of halogens is 1. The predicted octanol–water partition coefficient (Wildman–Crippen LogP) is -0.0665. The van der Waals surface area contributed by atoms with Crippen molar-refractivity contribution in [2.24, 2.45) is 5.90 Å². The minimum absolute atomic E-state index is 0. The molecular weight excluding hydrogens is 126 g/mol. The van der Waals surface area contributed by atoms with Crippen LogP contribution in [-0.4, -0.2) is 6.10 Å². The van der Waals surface area contributed by atoms with Crippen molar-refractivity contribution >= 4 is 12.4 Å². The zero-order valence-electron chi connectivity index (χ0n) is 4.13. The van der Waals surface area contributed by atoms with E-state index in [0.29, 0.717) is 0 Å². The molecule has 0 aromatic carbocycles. The van der Waals surface area contributed by atoms with Gasteiger partial charge in [-0.05, 0) is 0 Å². The molecule has 0 fully saturated rings. The standard InChI is InChI=1S/C5H5NO.ClH/c1-3-5(4-2)7-6;/h1-2,5H,6H2;1H. The van der Waals surface area contributed by atoms with Crippen molar-refractivity contribution in [3.63, 3.8) is 0 Å². The van der Waals surface area contributed by atoms with Crippen LogP contribution in [0.2, 0.25) is 0 Å². The SMILES string of the molecule is C#CC(C#C)ON.Cl. The third-order valence-corrected chi connectivity index (χ3v) is 0.439. The molecular formula is C5H6ClNO. The molecule has 0 spiro atoms. The maximum absolute atomic E-state index is 4.80. The monoisotopic (exact) mass is 131 g/mol. The van der Waals surface area contributed by atoms with E-state index in [-0.39, 0.29) is 12.4 Å². The highest BCUT2D eigenvalue weighted by Crippen LogP contribution is 1.76. The third kappa shape index (κ3) is 3.52. The van der Waals surface area contributed by atoms with Gasteiger partial charge in [0.25, 0.3) is 0 Å². The number of hydrogen-bond donors (Lipinski definition) is 1. The van der Waals surface area contributed by atoms with Crippen molar-refractivity contribution in [3.8, 4) is 24.7 Å². The highest BCUT2D eigenvalue weighted by molar-refractivity contribution is 5.85. The Bertz CT molecular complexity index is 107. The number of nitrogens with two attached hydrogens (primary N) is 1. The van der Waals surface area contributed by atoms with Crippen molar-refractivity contribution in [2.45, 2.75) is 6.10 Å². The zero-order chi connectivity index (χ0) is 5.70. The van der Waals surface area contributed by atoms with Crippen LogP contribution in [0.4, 0.5) is 0 Å². The van der Waals surface area contributed by atoms with Gasteiger partial charge in [-0.25, -0.2) is 5.90 Å². The van der Waals surface area contributed by atoms with E-state index in [0.717, 1.165) is 0 Å². The summed E-state index contributed by atoms with van der Waals surface area (Å²) in [6, 6.07) is 0. The normalized spacial score (nSPS) is 6.50. The highest BCUT2D eigenvalue weighted by Gasteiger charge is 1.90. The van der Waals surface area contributed by atoms with Crippen LogP contribution in [0.25, 0.3) is 0 Å². The summed E-state index contributed by atoms with van der Waals surface area (Å²) in [5.41, 5.74) is 0. The Labute approximate surface area is 54.8 Å². The van der Waals surface area contributed by atoms with Crippen molar-refractivity contribution < 1.29 is 4.84 Å². The minimum Gasteiger partial charge on any atom is -0.275 e. The Kier molecular flexibility index (Phi) is 8.18. The van der Waals surface area contributed by atoms with E-state index >= 15 is 0 Å². The molecule has 0 atom stereocenters. The molecule has 0 bridgehead atoms. The van der Waals surface area contributed by atoms with Gasteiger partial charge in [0.1, 0.15) is 0 Å². The van der Waals surface area contributed by atoms with Crippen LogP contribution in [-0.2, 0) is 4.84 Å². The van der Waals surface area contributed by atoms with Gasteiger partial charge in [0.15, 0.2) is 6.10 Å². The molecule has 0 aromatic rings. The molecule has 3 heteroatoms. The Balaban J connectivity index is 0. The summed E-state index contributed by atoms with van der Waals surface area (Å²) in [4.78, 5) is 4.08. The predicted molar refractivity (Wildman–Crippen MR) is 34.0 cm³/mol. The summed E-state index contributed by atoms with van der Waals surface area (Å²) in [6.45, 7) is 0. The van der Waals surface area contributed by atoms with E-state index in [1.54, 1.807) is 0 Å². The van der Waals surface area contributed by atoms with E-state index in [1.807, 2.05) is 0 Å². The first-order valence-electron chi connectivity index (χ1n) is 1.63. The van der Waals surface area contributed by atoms with Crippen LogP contribution in [0.15, 0.2) is 0 Å². The number of rotatable bonds is 1. The highest BCUT2D eigenvalue weighted by atomic mass is 35.5. The molecule has 0 aliphatic heterocycles. The molecule has 0 aromatic heterocycles. The van der Waals surface area contributed by atoms with Crippen LogP contribution in [0.5, 0.6) is 0 Å². The second kappa shape index (κ2) is 6.33. The first-order chi connectivity index (χ1) is 3.35. The summed E-state index contributed by atoms with van der Waals surface area (Å²) in [6.07, 6.45) is 8.91. The van der Waals surface area contributed by atoms with Crippen LogP contribution >= 0.6 is 12.4 Å². The van der Waals surface area contributed by atoms with Gasteiger partial charge in [-0.3, -0.25) is 4.84 Å². The third-order valence-electron chi connectivity index (χ3n) is 0.439. The summed E-state index contributed by atoms with van der Waals surface area (Å²) in [7, 11) is 0. The van der Waals surface area contributed by atoms with Gasteiger partial charge in [0, 0.05) is 0 Å². The van der Waals surface area contributed by atoms with Gasteiger partial charge < -0.3 is 0 Å². The van der Waals surface area contributed by atoms with Crippen LogP contribution < -0.4 is 5.90 Å². The maximum Gasteiger partial charge on any atom is 0.199 e. The van der Waals surface area contributed by atoms with E-state index in [9.17, 15) is 0 Å². The molecule has 2 N–H and O–H groups in total. The lowest BCUT2D eigenvalue weighted by Gasteiger charge is -1.93. The maximum atomic E-state index is 4.80. The molecule has 0 saturated carbocycles. The quantitative estimate of drug-likeness (QED) is 0.400. The van der Waals surface area contributed by atoms with E-state index < -0.39 is 6.10 Å². The fraction of sp³-hybridized carbons (Fsp3) is 0.200. The number of hydrogen-bond acceptors (Lipinski definition) is 2. The molecule has 8 heavy (non-hydrogen) atoms. The second-order valence-electron chi connectivity index (χ2n) is 0.849. The second-order valence-corrected chi connectivity index (χ2v) is 0.849. The minimum atomic E-state index is -0.681. The fourth-order valence-electron chi connectivity index (χ4n) is 0.127. The van der Waals surface area contributed by atoms with Crippen molar-refractivity contribution in [1.82, 2.24) is 0 Å². The van der Waals surface area contributed by atoms with Gasteiger partial charge in [-0.15, -0.1) is 25.3 Å². The summed E-state index contributed by atoms with van der Waals surface area (Å²) >= 11 is 0. The van der Waals surface area contributed by atoms with E-state index in [1.165, 1.54) is 0 Å². The van der Waals surface area contributed by atoms with Gasteiger partial charge >= 0.3 is 0 Å². The zero-order valence-corrected chi connectivity index (χ0v) is 4.94. The lowest BCUT2D eigenvalue weighted by atomic mass is 10.4. The van der Waals surface area contributed by atoms with Crippen LogP contribution in [0.3, 0.4) is 0 Å². The summed E-state index contributed by atoms with van der Waals surface area (Å²) in [5, 5.41) is 0. The van der Waals surface area contributed by atoms with Gasteiger partial charge in [-0.1, -0.05) is 11.8 Å². The van der Waals surface area contributed by atoms with Gasteiger partial charge in [-0.2, -0.15) is 0 Å². The topological polar surface area (TPSA) is 35.2 Å². The fourth-order valence-corrected chi connectivity index (χ4v) is 0.127. The molecule has 0 aliphatic carbocycles. The molecule has 0 heterocycles. The molecule has 2 nitrogen and oxygen atoms in total. The smallest absolute Gasteiger partial charge is 0.199 e. The number of terminal acetylenes is 2. The average Bonchev–Trinajstić information content (AvgIpc) is 1.72. The van der Waals surface area contributed by atoms with Gasteiger partial charge in [0.2, 0.25) is 0 Å². The molecule has 0 saturated heterocycles. The van der Waals surface area contributed by atoms with Crippen LogP contribution in [0.1, 0.15) is 0 Å². The van der Waals surface area contributed by atoms with Gasteiger partial charge in [0.05, 0.1) is 0 Å². The Morgan fingerprint density at radius 3 is 1.75 bits per heavy atom. The average molecular weight is 132 g/mol. The lowest BCUT2D eigenvalue weighted by molar-refractivity contribution is 0.130. The Hall–Kier alpha value is -0.670. The molecule has 0 aliphatic rings. The Morgan fingerprint density at radius 1 is 1.38 bits per heavy atom. The van der Waals surface area contributed by atoms with E-state index in [4.69, 9.17) is 12.8 Å². The first-order valence-corrected chi connectivity index (χ1v) is 1.63. The molecule has 44 valence electrons. The Morgan fingerprint density at radius 2 is 1.75 bits per heavy atom. The summed E-state index contributed by atoms with van der Waals surface area (Å²) < 4.78 is 0. The van der Waals surface area contributed by atoms with Crippen molar-refractivity contribution in [2.75, 3.05) is 0 Å². The first kappa shape index (κ1) is 10.3. The summed E-state index contributed by atoms with van der Waals surface area (Å²) in [5.74, 6) is 8.84. The van der Waals surface area contributed by atoms with Crippen molar-refractivity contribution in [1.29, 1.82) is 0 Å². The van der Waals surface area contributed by atoms with Crippen molar-refractivity contribution in [3.05, 3.63) is 0 Å². The molecule has 0 rings (SSSR count). The lowest BCUT2D eigenvalue weighted by Crippen LogP contribution is -2.11. The molecule has 0 unspecified atom stereocenters. The van der Waals surface area contributed by atoms with Crippen LogP contribution in [0, 0.1) is 24.7 Å². The van der Waals surface area contributed by atoms with E-state index in [2.05, 4.69) is 22.6 Å². The molecule has 0 amide bonds. The largest absolute Gasteiger partial charge is 0.275 e.